The van der Waals surface area contributed by atoms with Crippen molar-refractivity contribution in [2.75, 3.05) is 7.11 Å². The van der Waals surface area contributed by atoms with Crippen LogP contribution in [0.2, 0.25) is 5.15 Å². The lowest BCUT2D eigenvalue weighted by atomic mass is 10.1. The maximum Gasteiger partial charge on any atom is 0.417 e. The SMILES string of the molecule is COc1ccccc1-c1cc(Cl)nc(-c2ccccc2C(F)(F)F)n1. The second-order valence-corrected chi connectivity index (χ2v) is 5.53. The molecular weight excluding hydrogens is 353 g/mol. The number of rotatable bonds is 3. The number of alkyl halides is 3. The molecule has 1 aromatic heterocycles. The number of ether oxygens (including phenoxy) is 1. The summed E-state index contributed by atoms with van der Waals surface area (Å²) in [5.41, 5.74) is 0.0429. The van der Waals surface area contributed by atoms with Crippen LogP contribution in [0, 0.1) is 0 Å². The highest BCUT2D eigenvalue weighted by molar-refractivity contribution is 6.29. The molecule has 0 saturated heterocycles. The van der Waals surface area contributed by atoms with E-state index in [0.29, 0.717) is 17.0 Å². The number of nitrogens with zero attached hydrogens (tertiary/aromatic N) is 2. The van der Waals surface area contributed by atoms with Gasteiger partial charge in [0.25, 0.3) is 0 Å². The number of hydrogen-bond acceptors (Lipinski definition) is 3. The van der Waals surface area contributed by atoms with Crippen LogP contribution < -0.4 is 4.74 Å². The van der Waals surface area contributed by atoms with Gasteiger partial charge in [0.2, 0.25) is 0 Å². The van der Waals surface area contributed by atoms with Crippen molar-refractivity contribution in [3.05, 3.63) is 65.3 Å². The molecule has 0 amide bonds. The molecule has 0 atom stereocenters. The number of hydrogen-bond donors (Lipinski definition) is 0. The molecular formula is C18H12ClF3N2O. The standard InChI is InChI=1S/C18H12ClF3N2O/c1-25-15-9-5-3-7-12(15)14-10-16(19)24-17(23-14)11-6-2-4-8-13(11)18(20,21)22/h2-10H,1H3. The fourth-order valence-electron chi connectivity index (χ4n) is 2.46. The van der Waals surface area contributed by atoms with Crippen LogP contribution in [0.25, 0.3) is 22.6 Å². The van der Waals surface area contributed by atoms with E-state index in [-0.39, 0.29) is 16.5 Å². The Morgan fingerprint density at radius 3 is 2.24 bits per heavy atom. The topological polar surface area (TPSA) is 35.0 Å². The third kappa shape index (κ3) is 3.58. The van der Waals surface area contributed by atoms with Crippen LogP contribution in [0.1, 0.15) is 5.56 Å². The molecule has 0 N–H and O–H groups in total. The average molecular weight is 365 g/mol. The molecule has 3 nitrogen and oxygen atoms in total. The third-order valence-electron chi connectivity index (χ3n) is 3.55. The minimum atomic E-state index is -4.52. The molecule has 0 bridgehead atoms. The van der Waals surface area contributed by atoms with Crippen molar-refractivity contribution in [3.63, 3.8) is 0 Å². The third-order valence-corrected chi connectivity index (χ3v) is 3.74. The van der Waals surface area contributed by atoms with Gasteiger partial charge in [-0.25, -0.2) is 9.97 Å². The summed E-state index contributed by atoms with van der Waals surface area (Å²) in [6.45, 7) is 0. The van der Waals surface area contributed by atoms with Crippen LogP contribution in [0.5, 0.6) is 5.75 Å². The van der Waals surface area contributed by atoms with Crippen molar-refractivity contribution in [1.82, 2.24) is 9.97 Å². The number of benzene rings is 2. The summed E-state index contributed by atoms with van der Waals surface area (Å²) in [5.74, 6) is 0.439. The molecule has 7 heteroatoms. The van der Waals surface area contributed by atoms with E-state index in [1.807, 2.05) is 0 Å². The largest absolute Gasteiger partial charge is 0.496 e. The predicted octanol–water partition coefficient (Wildman–Crippen LogP) is 5.49. The lowest BCUT2D eigenvalue weighted by Crippen LogP contribution is -2.08. The lowest BCUT2D eigenvalue weighted by Gasteiger charge is -2.13. The summed E-state index contributed by atoms with van der Waals surface area (Å²) in [7, 11) is 1.50. The Kier molecular flexibility index (Phi) is 4.63. The van der Waals surface area contributed by atoms with Gasteiger partial charge in [0, 0.05) is 17.2 Å². The average Bonchev–Trinajstić information content (AvgIpc) is 2.60. The van der Waals surface area contributed by atoms with E-state index in [1.54, 1.807) is 24.3 Å². The summed E-state index contributed by atoms with van der Waals surface area (Å²) in [6, 6.07) is 13.6. The van der Waals surface area contributed by atoms with Gasteiger partial charge in [-0.05, 0) is 18.2 Å². The minimum absolute atomic E-state index is 0.0443. The molecule has 0 fully saturated rings. The normalized spacial score (nSPS) is 11.4. The zero-order valence-corrected chi connectivity index (χ0v) is 13.8. The Morgan fingerprint density at radius 2 is 1.56 bits per heavy atom. The highest BCUT2D eigenvalue weighted by atomic mass is 35.5. The van der Waals surface area contributed by atoms with Gasteiger partial charge in [0.1, 0.15) is 10.9 Å². The van der Waals surface area contributed by atoms with Crippen molar-refractivity contribution in [2.45, 2.75) is 6.18 Å². The molecule has 3 rings (SSSR count). The van der Waals surface area contributed by atoms with Crippen LogP contribution in [0.3, 0.4) is 0 Å². The first kappa shape index (κ1) is 17.2. The lowest BCUT2D eigenvalue weighted by molar-refractivity contribution is -0.137. The molecule has 0 saturated carbocycles. The maximum absolute atomic E-state index is 13.3. The quantitative estimate of drug-likeness (QED) is 0.576. The Morgan fingerprint density at radius 1 is 0.920 bits per heavy atom. The molecule has 0 unspecified atom stereocenters. The van der Waals surface area contributed by atoms with Crippen LogP contribution in [0.15, 0.2) is 54.6 Å². The van der Waals surface area contributed by atoms with Gasteiger partial charge in [0.15, 0.2) is 5.82 Å². The van der Waals surface area contributed by atoms with Crippen LogP contribution in [-0.4, -0.2) is 17.1 Å². The predicted molar refractivity (Wildman–Crippen MR) is 89.5 cm³/mol. The molecule has 1 heterocycles. The van der Waals surface area contributed by atoms with E-state index in [2.05, 4.69) is 9.97 Å². The zero-order valence-electron chi connectivity index (χ0n) is 13.0. The van der Waals surface area contributed by atoms with Crippen molar-refractivity contribution in [3.8, 4) is 28.4 Å². The first-order valence-corrected chi connectivity index (χ1v) is 7.62. The van der Waals surface area contributed by atoms with Crippen LogP contribution in [0.4, 0.5) is 13.2 Å². The second kappa shape index (κ2) is 6.72. The summed E-state index contributed by atoms with van der Waals surface area (Å²) < 4.78 is 45.1. The van der Waals surface area contributed by atoms with E-state index in [1.165, 1.54) is 31.4 Å². The van der Waals surface area contributed by atoms with Crippen molar-refractivity contribution in [1.29, 1.82) is 0 Å². The molecule has 0 aliphatic carbocycles. The summed E-state index contributed by atoms with van der Waals surface area (Å²) in [6.07, 6.45) is -4.52. The van der Waals surface area contributed by atoms with Gasteiger partial charge in [-0.1, -0.05) is 41.9 Å². The summed E-state index contributed by atoms with van der Waals surface area (Å²) in [5, 5.41) is 0.0443. The minimum Gasteiger partial charge on any atom is -0.496 e. The fourth-order valence-corrected chi connectivity index (χ4v) is 2.64. The Balaban J connectivity index is 2.20. The first-order chi connectivity index (χ1) is 11.9. The van der Waals surface area contributed by atoms with Crippen LogP contribution >= 0.6 is 11.6 Å². The van der Waals surface area contributed by atoms with E-state index in [4.69, 9.17) is 16.3 Å². The number of methoxy groups -OCH3 is 1. The highest BCUT2D eigenvalue weighted by Gasteiger charge is 2.34. The molecule has 0 spiro atoms. The van der Waals surface area contributed by atoms with E-state index >= 15 is 0 Å². The number of para-hydroxylation sites is 1. The van der Waals surface area contributed by atoms with E-state index < -0.39 is 11.7 Å². The number of halogens is 4. The Bertz CT molecular complexity index is 913. The van der Waals surface area contributed by atoms with Gasteiger partial charge in [-0.15, -0.1) is 0 Å². The molecule has 128 valence electrons. The smallest absolute Gasteiger partial charge is 0.417 e. The van der Waals surface area contributed by atoms with Gasteiger partial charge < -0.3 is 4.74 Å². The van der Waals surface area contributed by atoms with Gasteiger partial charge in [-0.3, -0.25) is 0 Å². The Labute approximate surface area is 147 Å². The van der Waals surface area contributed by atoms with Crippen molar-refractivity contribution < 1.29 is 17.9 Å². The summed E-state index contributed by atoms with van der Waals surface area (Å²) >= 11 is 6.04. The fraction of sp³-hybridized carbons (Fsp3) is 0.111. The van der Waals surface area contributed by atoms with Crippen molar-refractivity contribution in [2.24, 2.45) is 0 Å². The van der Waals surface area contributed by atoms with Crippen molar-refractivity contribution >= 4 is 11.6 Å². The Hall–Kier alpha value is -2.60. The molecule has 3 aromatic rings. The number of aromatic nitrogens is 2. The van der Waals surface area contributed by atoms with E-state index in [9.17, 15) is 13.2 Å². The molecule has 25 heavy (non-hydrogen) atoms. The molecule has 0 radical (unpaired) electrons. The first-order valence-electron chi connectivity index (χ1n) is 7.24. The van der Waals surface area contributed by atoms with Crippen LogP contribution in [-0.2, 0) is 6.18 Å². The van der Waals surface area contributed by atoms with Gasteiger partial charge in [-0.2, -0.15) is 13.2 Å². The van der Waals surface area contributed by atoms with Gasteiger partial charge >= 0.3 is 6.18 Å². The van der Waals surface area contributed by atoms with Gasteiger partial charge in [0.05, 0.1) is 18.4 Å². The monoisotopic (exact) mass is 364 g/mol. The highest BCUT2D eigenvalue weighted by Crippen LogP contribution is 2.37. The molecule has 0 aliphatic heterocycles. The zero-order chi connectivity index (χ0) is 18.0. The molecule has 0 aliphatic rings. The van der Waals surface area contributed by atoms with E-state index in [0.717, 1.165) is 6.07 Å². The summed E-state index contributed by atoms with van der Waals surface area (Å²) in [4.78, 5) is 8.25. The second-order valence-electron chi connectivity index (χ2n) is 5.14. The maximum atomic E-state index is 13.3. The molecule has 2 aromatic carbocycles.